The van der Waals surface area contributed by atoms with Crippen LogP contribution in [0.4, 0.5) is 4.79 Å². The molecule has 0 atom stereocenters. The average Bonchev–Trinajstić information content (AvgIpc) is 1.25. The van der Waals surface area contributed by atoms with E-state index in [9.17, 15) is 7.48 Å². The summed E-state index contributed by atoms with van der Waals surface area (Å²) in [7, 11) is -2.56. The van der Waals surface area contributed by atoms with Gasteiger partial charge in [0, 0.05) is 0 Å². The minimum atomic E-state index is -2.56. The molecule has 0 rings (SSSR count). The summed E-state index contributed by atoms with van der Waals surface area (Å²) in [5.74, 6) is 0. The third kappa shape index (κ3) is 457. The second-order valence-corrected chi connectivity index (χ2v) is 6.17. The maximum atomic E-state index is 9.17. The van der Waals surface area contributed by atoms with Crippen LogP contribution in [0.2, 0.25) is 0 Å². The first kappa shape index (κ1) is 11.5. The zero-order valence-electron chi connectivity index (χ0n) is 3.70. The van der Waals surface area contributed by atoms with E-state index in [1.54, 1.807) is 0 Å². The van der Waals surface area contributed by atoms with Gasteiger partial charge >= 0.3 is 48.1 Å². The molecule has 8 heavy (non-hydrogen) atoms. The summed E-state index contributed by atoms with van der Waals surface area (Å²) < 4.78 is 18.3. The van der Waals surface area contributed by atoms with Crippen molar-refractivity contribution in [3.63, 3.8) is 0 Å². The predicted molar refractivity (Wildman–Crippen MR) is 18.3 cm³/mol. The van der Waals surface area contributed by atoms with Crippen molar-refractivity contribution in [3.8, 4) is 0 Å². The van der Waals surface area contributed by atoms with E-state index in [1.165, 1.54) is 0 Å². The molecule has 7 radical (unpaired) electrons. The van der Waals surface area contributed by atoms with Crippen molar-refractivity contribution in [2.45, 2.75) is 0 Å². The van der Waals surface area contributed by atoms with Gasteiger partial charge in [0.2, 0.25) is 0 Å². The molecule has 0 unspecified atom stereocenters. The van der Waals surface area contributed by atoms with E-state index >= 15 is 0 Å². The normalized spacial score (nSPS) is 6.12. The maximum absolute atomic E-state index is 9.17. The Balaban J connectivity index is 0. The van der Waals surface area contributed by atoms with Crippen LogP contribution in [0.1, 0.15) is 0 Å². The number of carbonyl (C=O) groups is 1. The summed E-state index contributed by atoms with van der Waals surface area (Å²) in [4.78, 5) is 8.33. The van der Waals surface area contributed by atoms with Crippen molar-refractivity contribution in [3.05, 3.63) is 0 Å². The Morgan fingerprint density at radius 2 is 1.38 bits per heavy atom. The van der Waals surface area contributed by atoms with Crippen LogP contribution in [0.5, 0.6) is 0 Å². The molecule has 0 aliphatic heterocycles. The van der Waals surface area contributed by atoms with Crippen molar-refractivity contribution < 1.29 is 22.5 Å². The zero-order chi connectivity index (χ0) is 7.15. The fraction of sp³-hybridized carbons (Fsp3) is 0. The second-order valence-electron chi connectivity index (χ2n) is 0.583. The molecule has 0 aliphatic rings. The third-order valence-corrected chi connectivity index (χ3v) is 0. The molecule has 0 amide bonds. The second kappa shape index (κ2) is 7.69. The Hall–Kier alpha value is 0.688. The van der Waals surface area contributed by atoms with Gasteiger partial charge in [-0.1, -0.05) is 0 Å². The Labute approximate surface area is 68.5 Å². The Morgan fingerprint density at radius 3 is 1.38 bits per heavy atom. The van der Waals surface area contributed by atoms with Crippen molar-refractivity contribution in [2.75, 3.05) is 0 Å². The van der Waals surface area contributed by atoms with Crippen molar-refractivity contribution >= 4 is 46.8 Å². The molecule has 0 saturated carbocycles. The molecule has 0 spiro atoms. The summed E-state index contributed by atoms with van der Waals surface area (Å²) in [6.07, 6.45) is -2.33. The quantitative estimate of drug-likeness (QED) is 0.385. The number of hydrogen-bond donors (Lipinski definition) is 0. The molecular formula is CAsCaO5. The van der Waals surface area contributed by atoms with Gasteiger partial charge < -0.3 is 15.0 Å². The first-order chi connectivity index (χ1) is 3.46. The van der Waals surface area contributed by atoms with Crippen molar-refractivity contribution in [1.29, 1.82) is 0 Å². The fourth-order valence-electron chi connectivity index (χ4n) is 0. The zero-order valence-corrected chi connectivity index (χ0v) is 7.78. The molecule has 0 fully saturated rings. The van der Waals surface area contributed by atoms with Gasteiger partial charge in [-0.15, -0.1) is 0 Å². The average molecular weight is 207 g/mol. The molecule has 0 aromatic heterocycles. The van der Waals surface area contributed by atoms with Crippen molar-refractivity contribution in [1.82, 2.24) is 0 Å². The summed E-state index contributed by atoms with van der Waals surface area (Å²) >= 11 is 0.465. The van der Waals surface area contributed by atoms with Crippen LogP contribution < -0.4 is 10.2 Å². The van der Waals surface area contributed by atoms with Crippen LogP contribution in [0.15, 0.2) is 0 Å². The first-order valence-electron chi connectivity index (χ1n) is 1.29. The number of carbonyl (C=O) groups excluding carboxylic acids is 1. The number of rotatable bonds is 0. The molecule has 7 heteroatoms. The Kier molecular flexibility index (Phi) is 11.0. The SMILES string of the molecule is O=C([O-])[O-].O=[As](=O)[Ca+2]. The van der Waals surface area contributed by atoms with E-state index in [4.69, 9.17) is 15.0 Å². The van der Waals surface area contributed by atoms with Gasteiger partial charge in [-0.2, -0.15) is 0 Å². The van der Waals surface area contributed by atoms with Crippen molar-refractivity contribution in [2.24, 2.45) is 0 Å². The van der Waals surface area contributed by atoms with Gasteiger partial charge in [-0.3, -0.25) is 0 Å². The standard InChI is InChI=1S/CH2O3.AsO2.Ca/c2-1(3)4;2-1-3;/h(H2,2,3,4);;/q;;+2/p-2. The molecule has 0 aliphatic carbocycles. The first-order valence-corrected chi connectivity index (χ1v) is 9.28. The van der Waals surface area contributed by atoms with E-state index in [0.717, 1.165) is 0 Å². The molecule has 0 bridgehead atoms. The summed E-state index contributed by atoms with van der Waals surface area (Å²) in [5.41, 5.74) is 0. The predicted octanol–water partition coefficient (Wildman–Crippen LogP) is -3.45. The van der Waals surface area contributed by atoms with Crippen LogP contribution in [0.25, 0.3) is 0 Å². The topological polar surface area (TPSA) is 97.3 Å². The van der Waals surface area contributed by atoms with E-state index in [2.05, 4.69) is 0 Å². The van der Waals surface area contributed by atoms with Crippen LogP contribution in [0.3, 0.4) is 0 Å². The minimum absolute atomic E-state index is 0.465. The number of hydrogen-bond acceptors (Lipinski definition) is 5. The molecule has 41 valence electrons. The van der Waals surface area contributed by atoms with Gasteiger partial charge in [0.25, 0.3) is 0 Å². The fourth-order valence-corrected chi connectivity index (χ4v) is 0. The van der Waals surface area contributed by atoms with Crippen LogP contribution in [-0.4, -0.2) is 46.8 Å². The van der Waals surface area contributed by atoms with Crippen LogP contribution in [0, 0.1) is 0 Å². The summed E-state index contributed by atoms with van der Waals surface area (Å²) in [6.45, 7) is 0. The van der Waals surface area contributed by atoms with Crippen LogP contribution >= 0.6 is 0 Å². The third-order valence-electron chi connectivity index (χ3n) is 0. The molecule has 0 aromatic carbocycles. The van der Waals surface area contributed by atoms with Gasteiger partial charge in [0.05, 0.1) is 0 Å². The Morgan fingerprint density at radius 1 is 1.38 bits per heavy atom. The molecule has 0 heterocycles. The molecule has 5 nitrogen and oxygen atoms in total. The summed E-state index contributed by atoms with van der Waals surface area (Å²) in [5, 5.41) is 16.7. The van der Waals surface area contributed by atoms with Crippen LogP contribution in [-0.2, 0) is 7.48 Å². The molecule has 0 N–H and O–H groups in total. The van der Waals surface area contributed by atoms with Gasteiger partial charge in [0.1, 0.15) is 0 Å². The summed E-state index contributed by atoms with van der Waals surface area (Å²) in [6, 6.07) is 0. The monoisotopic (exact) mass is 207 g/mol. The molecular weight excluding hydrogens is 207 g/mol. The van der Waals surface area contributed by atoms with E-state index < -0.39 is 14.3 Å². The number of carboxylic acid groups (broad SMARTS) is 2. The van der Waals surface area contributed by atoms with E-state index in [1.807, 2.05) is 0 Å². The van der Waals surface area contributed by atoms with E-state index in [-0.39, 0.29) is 0 Å². The molecule has 0 aromatic rings. The Bertz CT molecular complexity index is 114. The van der Waals surface area contributed by atoms with Gasteiger partial charge in [-0.25, -0.2) is 0 Å². The van der Waals surface area contributed by atoms with Gasteiger partial charge in [-0.05, 0) is 6.16 Å². The molecule has 0 saturated heterocycles. The van der Waals surface area contributed by atoms with E-state index in [0.29, 0.717) is 32.5 Å². The van der Waals surface area contributed by atoms with Gasteiger partial charge in [0.15, 0.2) is 0 Å².